The molecule has 0 aliphatic rings. The quantitative estimate of drug-likeness (QED) is 0.487. The molecule has 3 aromatic rings. The van der Waals surface area contributed by atoms with E-state index in [2.05, 4.69) is 35.1 Å². The predicted molar refractivity (Wildman–Crippen MR) is 128 cm³/mol. The molecule has 0 aliphatic heterocycles. The maximum atomic E-state index is 13.6. The summed E-state index contributed by atoms with van der Waals surface area (Å²) < 4.78 is 2.94. The van der Waals surface area contributed by atoms with Crippen molar-refractivity contribution in [2.75, 3.05) is 32.1 Å². The smallest absolute Gasteiger partial charge is 0.278 e. The zero-order chi connectivity index (χ0) is 21.1. The molecule has 0 aliphatic carbocycles. The Morgan fingerprint density at radius 3 is 2.57 bits per heavy atom. The summed E-state index contributed by atoms with van der Waals surface area (Å²) in [7, 11) is 4.10. The lowest BCUT2D eigenvalue weighted by atomic mass is 10.2. The third-order valence-electron chi connectivity index (χ3n) is 4.88. The third kappa shape index (κ3) is 5.39. The fourth-order valence-electron chi connectivity index (χ4n) is 3.33. The van der Waals surface area contributed by atoms with E-state index >= 15 is 0 Å². The summed E-state index contributed by atoms with van der Waals surface area (Å²) in [6.45, 7) is 9.70. The SMILES string of the molecule is CCc1ccc2nc(N(CCCN(C)C)C(=O)c3cc(C)nn3C(C)C)sc2c1.Cl. The Bertz CT molecular complexity index is 995. The van der Waals surface area contributed by atoms with Crippen molar-refractivity contribution in [3.63, 3.8) is 0 Å². The van der Waals surface area contributed by atoms with E-state index in [-0.39, 0.29) is 24.4 Å². The zero-order valence-electron chi connectivity index (χ0n) is 18.7. The average molecular weight is 450 g/mol. The number of hydrogen-bond donors (Lipinski definition) is 0. The Morgan fingerprint density at radius 2 is 1.93 bits per heavy atom. The van der Waals surface area contributed by atoms with Gasteiger partial charge in [-0.2, -0.15) is 5.10 Å². The number of halogens is 1. The monoisotopic (exact) mass is 449 g/mol. The van der Waals surface area contributed by atoms with E-state index in [1.165, 1.54) is 5.56 Å². The first kappa shape index (κ1) is 24.3. The predicted octanol–water partition coefficient (Wildman–Crippen LogP) is 4.96. The molecule has 3 rings (SSSR count). The number of aromatic nitrogens is 3. The zero-order valence-corrected chi connectivity index (χ0v) is 20.3. The first-order chi connectivity index (χ1) is 13.8. The summed E-state index contributed by atoms with van der Waals surface area (Å²) in [4.78, 5) is 22.3. The first-order valence-corrected chi connectivity index (χ1v) is 11.0. The van der Waals surface area contributed by atoms with Gasteiger partial charge in [0.05, 0.1) is 15.9 Å². The van der Waals surface area contributed by atoms with Crippen molar-refractivity contribution in [3.05, 3.63) is 41.2 Å². The molecular formula is C22H32ClN5OS. The normalized spacial score (nSPS) is 11.3. The number of fused-ring (bicyclic) bond motifs is 1. The second kappa shape index (κ2) is 10.4. The van der Waals surface area contributed by atoms with Gasteiger partial charge >= 0.3 is 0 Å². The largest absolute Gasteiger partial charge is 0.309 e. The third-order valence-corrected chi connectivity index (χ3v) is 5.92. The Balaban J connectivity index is 0.00000320. The molecule has 1 amide bonds. The second-order valence-corrected chi connectivity index (χ2v) is 8.98. The van der Waals surface area contributed by atoms with Crippen LogP contribution in [0.15, 0.2) is 24.3 Å². The van der Waals surface area contributed by atoms with Gasteiger partial charge in [0.1, 0.15) is 5.69 Å². The molecule has 0 atom stereocenters. The topological polar surface area (TPSA) is 54.3 Å². The highest BCUT2D eigenvalue weighted by Gasteiger charge is 2.25. The van der Waals surface area contributed by atoms with Crippen LogP contribution < -0.4 is 4.90 Å². The van der Waals surface area contributed by atoms with Crippen molar-refractivity contribution < 1.29 is 4.79 Å². The van der Waals surface area contributed by atoms with E-state index < -0.39 is 0 Å². The summed E-state index contributed by atoms with van der Waals surface area (Å²) in [5.41, 5.74) is 3.70. The molecule has 8 heteroatoms. The molecule has 6 nitrogen and oxygen atoms in total. The molecule has 0 N–H and O–H groups in total. The molecule has 2 aromatic heterocycles. The first-order valence-electron chi connectivity index (χ1n) is 10.2. The van der Waals surface area contributed by atoms with Crippen LogP contribution in [0.5, 0.6) is 0 Å². The molecule has 0 unspecified atom stereocenters. The van der Waals surface area contributed by atoms with Gasteiger partial charge < -0.3 is 4.90 Å². The maximum absolute atomic E-state index is 13.6. The molecule has 0 radical (unpaired) electrons. The molecule has 1 aromatic carbocycles. The number of thiazole rings is 1. The van der Waals surface area contributed by atoms with Crippen LogP contribution in [0.1, 0.15) is 55.0 Å². The van der Waals surface area contributed by atoms with Crippen LogP contribution in [-0.2, 0) is 6.42 Å². The minimum Gasteiger partial charge on any atom is -0.309 e. The Labute approximate surface area is 189 Å². The summed E-state index contributed by atoms with van der Waals surface area (Å²) in [6, 6.07) is 8.35. The van der Waals surface area contributed by atoms with Crippen LogP contribution in [0.25, 0.3) is 10.2 Å². The Kier molecular flexibility index (Phi) is 8.41. The van der Waals surface area contributed by atoms with Gasteiger partial charge in [-0.25, -0.2) is 4.98 Å². The van der Waals surface area contributed by atoms with Crippen LogP contribution >= 0.6 is 23.7 Å². The van der Waals surface area contributed by atoms with E-state index in [1.807, 2.05) is 50.5 Å². The summed E-state index contributed by atoms with van der Waals surface area (Å²) in [6.07, 6.45) is 1.87. The lowest BCUT2D eigenvalue weighted by Crippen LogP contribution is -2.35. The Hall–Kier alpha value is -1.96. The molecule has 164 valence electrons. The molecule has 0 bridgehead atoms. The number of rotatable bonds is 8. The molecule has 0 fully saturated rings. The molecule has 0 saturated heterocycles. The highest BCUT2D eigenvalue weighted by atomic mass is 35.5. The van der Waals surface area contributed by atoms with Gasteiger partial charge in [0.2, 0.25) is 0 Å². The minimum atomic E-state index is -0.0344. The van der Waals surface area contributed by atoms with Crippen LogP contribution in [0.2, 0.25) is 0 Å². The number of carbonyl (C=O) groups excluding carboxylic acids is 1. The number of benzene rings is 1. The number of nitrogens with zero attached hydrogens (tertiary/aromatic N) is 5. The number of carbonyl (C=O) groups is 1. The lowest BCUT2D eigenvalue weighted by molar-refractivity contribution is 0.0974. The van der Waals surface area contributed by atoms with E-state index in [9.17, 15) is 4.79 Å². The molecule has 30 heavy (non-hydrogen) atoms. The van der Waals surface area contributed by atoms with E-state index in [0.29, 0.717) is 12.2 Å². The van der Waals surface area contributed by atoms with Crippen LogP contribution in [-0.4, -0.2) is 52.8 Å². The summed E-state index contributed by atoms with van der Waals surface area (Å²) >= 11 is 1.59. The fraction of sp³-hybridized carbons (Fsp3) is 0.500. The number of aryl methyl sites for hydroxylation is 2. The molecule has 0 spiro atoms. The van der Waals surface area contributed by atoms with Gasteiger partial charge in [0, 0.05) is 12.6 Å². The number of hydrogen-bond acceptors (Lipinski definition) is 5. The van der Waals surface area contributed by atoms with Gasteiger partial charge in [-0.15, -0.1) is 12.4 Å². The summed E-state index contributed by atoms with van der Waals surface area (Å²) in [5.74, 6) is -0.0344. The van der Waals surface area contributed by atoms with Crippen molar-refractivity contribution in [1.29, 1.82) is 0 Å². The second-order valence-electron chi connectivity index (χ2n) is 7.97. The van der Waals surface area contributed by atoms with Gasteiger partial charge in [-0.1, -0.05) is 24.3 Å². The van der Waals surface area contributed by atoms with Crippen molar-refractivity contribution in [1.82, 2.24) is 19.7 Å². The maximum Gasteiger partial charge on any atom is 0.278 e. The van der Waals surface area contributed by atoms with Crippen molar-refractivity contribution in [3.8, 4) is 0 Å². The van der Waals surface area contributed by atoms with Gasteiger partial charge in [0.15, 0.2) is 5.13 Å². The number of amides is 1. The van der Waals surface area contributed by atoms with E-state index in [4.69, 9.17) is 4.98 Å². The van der Waals surface area contributed by atoms with Crippen molar-refractivity contribution in [2.45, 2.75) is 46.6 Å². The number of anilines is 1. The minimum absolute atomic E-state index is 0. The van der Waals surface area contributed by atoms with Crippen molar-refractivity contribution >= 4 is 45.0 Å². The summed E-state index contributed by atoms with van der Waals surface area (Å²) in [5, 5.41) is 5.28. The molecule has 2 heterocycles. The van der Waals surface area contributed by atoms with Crippen LogP contribution in [0.4, 0.5) is 5.13 Å². The van der Waals surface area contributed by atoms with Gasteiger partial charge in [-0.3, -0.25) is 14.4 Å². The van der Waals surface area contributed by atoms with Crippen LogP contribution in [0, 0.1) is 6.92 Å². The van der Waals surface area contributed by atoms with Crippen molar-refractivity contribution in [2.24, 2.45) is 0 Å². The van der Waals surface area contributed by atoms with Gasteiger partial charge in [-0.05, 0) is 78.0 Å². The fourth-order valence-corrected chi connectivity index (χ4v) is 4.38. The average Bonchev–Trinajstić information content (AvgIpc) is 3.27. The molecular weight excluding hydrogens is 418 g/mol. The molecule has 0 saturated carbocycles. The van der Waals surface area contributed by atoms with Gasteiger partial charge in [0.25, 0.3) is 5.91 Å². The van der Waals surface area contributed by atoms with E-state index in [1.54, 1.807) is 11.3 Å². The van der Waals surface area contributed by atoms with E-state index in [0.717, 1.165) is 40.4 Å². The highest BCUT2D eigenvalue weighted by Crippen LogP contribution is 2.31. The van der Waals surface area contributed by atoms with Crippen LogP contribution in [0.3, 0.4) is 0 Å². The highest BCUT2D eigenvalue weighted by molar-refractivity contribution is 7.22. The lowest BCUT2D eigenvalue weighted by Gasteiger charge is -2.22. The standard InChI is InChI=1S/C22H31N5OS.ClH/c1-7-17-9-10-18-20(14-17)29-22(23-18)26(12-8-11-25(5)6)21(28)19-13-16(4)24-27(19)15(2)3;/h9-10,13-15H,7-8,11-12H2,1-6H3;1H. The Morgan fingerprint density at radius 1 is 1.20 bits per heavy atom.